The van der Waals surface area contributed by atoms with Crippen molar-refractivity contribution >= 4 is 17.8 Å². The molecule has 3 atom stereocenters. The van der Waals surface area contributed by atoms with Crippen LogP contribution in [0, 0.1) is 35.0 Å². The molecule has 5 saturated carbocycles. The summed E-state index contributed by atoms with van der Waals surface area (Å²) in [4.78, 5) is 37.4. The van der Waals surface area contributed by atoms with E-state index in [0.717, 1.165) is 19.3 Å². The van der Waals surface area contributed by atoms with E-state index < -0.39 is 12.0 Å². The molecule has 0 spiro atoms. The molecule has 0 saturated heterocycles. The zero-order valence-electron chi connectivity index (χ0n) is 17.1. The average Bonchev–Trinajstić information content (AvgIpc) is 3.06. The Kier molecular flexibility index (Phi) is 5.17. The van der Waals surface area contributed by atoms with Gasteiger partial charge in [-0.15, -0.1) is 0 Å². The molecule has 3 N–H and O–H groups in total. The summed E-state index contributed by atoms with van der Waals surface area (Å²) in [5.74, 6) is 0.824. The molecule has 156 valence electrons. The zero-order valence-corrected chi connectivity index (χ0v) is 17.1. The molecule has 0 aliphatic heterocycles. The summed E-state index contributed by atoms with van der Waals surface area (Å²) in [6, 6.07) is -0.657. The van der Waals surface area contributed by atoms with Gasteiger partial charge in [0.25, 0.3) is 0 Å². The van der Waals surface area contributed by atoms with E-state index in [1.165, 1.54) is 19.3 Å². The lowest BCUT2D eigenvalue weighted by Gasteiger charge is -2.55. The fourth-order valence-corrected chi connectivity index (χ4v) is 6.85. The Morgan fingerprint density at radius 2 is 1.50 bits per heavy atom. The van der Waals surface area contributed by atoms with Crippen molar-refractivity contribution < 1.29 is 19.5 Å². The smallest absolute Gasteiger partial charge is 0.306 e. The van der Waals surface area contributed by atoms with Gasteiger partial charge in [-0.1, -0.05) is 13.8 Å². The van der Waals surface area contributed by atoms with Crippen molar-refractivity contribution in [2.24, 2.45) is 35.0 Å². The van der Waals surface area contributed by atoms with Gasteiger partial charge in [0.2, 0.25) is 11.8 Å². The first-order chi connectivity index (χ1) is 13.3. The maximum absolute atomic E-state index is 13.3. The summed E-state index contributed by atoms with van der Waals surface area (Å²) in [6.07, 6.45) is 8.59. The molecule has 0 heterocycles. The molecule has 1 unspecified atom stereocenters. The van der Waals surface area contributed by atoms with Gasteiger partial charge in [-0.3, -0.25) is 14.4 Å². The first-order valence-corrected chi connectivity index (χ1v) is 11.1. The Balaban J connectivity index is 1.39. The van der Waals surface area contributed by atoms with Gasteiger partial charge in [0, 0.05) is 11.5 Å². The normalized spacial score (nSPS) is 39.8. The molecule has 0 aromatic carbocycles. The lowest BCUT2D eigenvalue weighted by molar-refractivity contribution is -0.149. The average molecular weight is 391 g/mol. The van der Waals surface area contributed by atoms with Crippen LogP contribution < -0.4 is 10.6 Å². The van der Waals surface area contributed by atoms with Crippen LogP contribution in [0.2, 0.25) is 0 Å². The Bertz CT molecular complexity index is 624. The second-order valence-corrected chi connectivity index (χ2v) is 10.4. The van der Waals surface area contributed by atoms with Crippen LogP contribution in [0.3, 0.4) is 0 Å². The topological polar surface area (TPSA) is 95.5 Å². The van der Waals surface area contributed by atoms with Gasteiger partial charge in [0.05, 0.1) is 5.92 Å². The Labute approximate surface area is 167 Å². The van der Waals surface area contributed by atoms with E-state index in [-0.39, 0.29) is 35.1 Å². The first-order valence-electron chi connectivity index (χ1n) is 11.1. The largest absolute Gasteiger partial charge is 0.481 e. The summed E-state index contributed by atoms with van der Waals surface area (Å²) < 4.78 is 0. The Morgan fingerprint density at radius 1 is 0.929 bits per heavy atom. The van der Waals surface area contributed by atoms with Gasteiger partial charge in [0.1, 0.15) is 6.04 Å². The maximum atomic E-state index is 13.3. The number of aliphatic carboxylic acids is 1. The molecule has 5 aliphatic carbocycles. The second-order valence-electron chi connectivity index (χ2n) is 10.4. The lowest BCUT2D eigenvalue weighted by atomic mass is 9.49. The molecule has 0 radical (unpaired) electrons. The van der Waals surface area contributed by atoms with E-state index in [9.17, 15) is 14.4 Å². The van der Waals surface area contributed by atoms with E-state index >= 15 is 0 Å². The van der Waals surface area contributed by atoms with Gasteiger partial charge in [-0.2, -0.15) is 0 Å². The van der Waals surface area contributed by atoms with Crippen molar-refractivity contribution in [1.29, 1.82) is 0 Å². The number of rotatable bonds is 6. The van der Waals surface area contributed by atoms with Gasteiger partial charge in [0.15, 0.2) is 0 Å². The minimum absolute atomic E-state index is 0.00506. The van der Waals surface area contributed by atoms with Crippen molar-refractivity contribution in [3.05, 3.63) is 0 Å². The minimum atomic E-state index is -0.785. The molecule has 0 aromatic heterocycles. The number of carbonyl (C=O) groups excluding carboxylic acids is 2. The number of carboxylic acid groups (broad SMARTS) is 1. The van der Waals surface area contributed by atoms with Crippen LogP contribution in [0.15, 0.2) is 0 Å². The highest BCUT2D eigenvalue weighted by Crippen LogP contribution is 2.60. The Hall–Kier alpha value is -1.59. The maximum Gasteiger partial charge on any atom is 0.306 e. The third-order valence-corrected chi connectivity index (χ3v) is 7.88. The molecule has 6 heteroatoms. The van der Waals surface area contributed by atoms with Crippen molar-refractivity contribution in [2.45, 2.75) is 83.7 Å². The van der Waals surface area contributed by atoms with Crippen LogP contribution in [-0.2, 0) is 14.4 Å². The summed E-state index contributed by atoms with van der Waals surface area (Å²) >= 11 is 0. The number of nitrogens with one attached hydrogen (secondary N) is 2. The van der Waals surface area contributed by atoms with Gasteiger partial charge in [-0.25, -0.2) is 0 Å². The molecule has 6 nitrogen and oxygen atoms in total. The van der Waals surface area contributed by atoms with Crippen molar-refractivity contribution in [3.63, 3.8) is 0 Å². The van der Waals surface area contributed by atoms with Gasteiger partial charge < -0.3 is 15.7 Å². The third kappa shape index (κ3) is 3.67. The predicted octanol–water partition coefficient (Wildman–Crippen LogP) is 2.71. The molecule has 0 aromatic rings. The quantitative estimate of drug-likeness (QED) is 0.650. The van der Waals surface area contributed by atoms with Crippen LogP contribution in [0.1, 0.15) is 71.6 Å². The van der Waals surface area contributed by atoms with Gasteiger partial charge in [-0.05, 0) is 81.5 Å². The second kappa shape index (κ2) is 7.34. The van der Waals surface area contributed by atoms with Crippen molar-refractivity contribution in [3.8, 4) is 0 Å². The summed E-state index contributed by atoms with van der Waals surface area (Å²) in [7, 11) is 0. The van der Waals surface area contributed by atoms with Crippen molar-refractivity contribution in [2.75, 3.05) is 0 Å². The molecular formula is C22H34N2O4. The molecule has 5 rings (SSSR count). The third-order valence-electron chi connectivity index (χ3n) is 7.88. The van der Waals surface area contributed by atoms with Gasteiger partial charge >= 0.3 is 5.97 Å². The molecule has 2 amide bonds. The van der Waals surface area contributed by atoms with E-state index in [1.807, 2.05) is 13.8 Å². The highest BCUT2D eigenvalue weighted by atomic mass is 16.4. The summed E-state index contributed by atoms with van der Waals surface area (Å²) in [6.45, 7) is 3.91. The van der Waals surface area contributed by atoms with Crippen LogP contribution >= 0.6 is 0 Å². The molecule has 5 aliphatic rings. The summed E-state index contributed by atoms with van der Waals surface area (Å²) in [5.41, 5.74) is -0.260. The number of carbonyl (C=O) groups is 3. The standard InChI is InChI=1S/C22H34N2O4/c1-12(2)18(19(25)23-17-4-3-16(8-17)20(26)27)24-21(28)22-9-13-5-14(10-22)7-15(6-13)11-22/h12-18H,3-11H2,1-2H3,(H,23,25)(H,24,28)(H,26,27)/t13?,14?,15?,16-,17+,18?,22?/m1/s1. The fraction of sp³-hybridized carbons (Fsp3) is 0.864. The van der Waals surface area contributed by atoms with E-state index in [1.54, 1.807) is 0 Å². The minimum Gasteiger partial charge on any atom is -0.481 e. The fourth-order valence-electron chi connectivity index (χ4n) is 6.85. The van der Waals surface area contributed by atoms with E-state index in [4.69, 9.17) is 5.11 Å². The van der Waals surface area contributed by atoms with Crippen LogP contribution in [0.4, 0.5) is 0 Å². The van der Waals surface area contributed by atoms with Crippen LogP contribution in [-0.4, -0.2) is 35.0 Å². The first kappa shape index (κ1) is 19.7. The number of amides is 2. The van der Waals surface area contributed by atoms with E-state index in [0.29, 0.717) is 37.0 Å². The SMILES string of the molecule is CC(C)C(NC(=O)C12CC3CC(CC(C3)C1)C2)C(=O)N[C@H]1CC[C@@H](C(=O)O)C1. The molecule has 28 heavy (non-hydrogen) atoms. The van der Waals surface area contributed by atoms with Crippen LogP contribution in [0.5, 0.6) is 0 Å². The zero-order chi connectivity index (χ0) is 20.1. The number of hydrogen-bond donors (Lipinski definition) is 3. The number of carboxylic acids is 1. The van der Waals surface area contributed by atoms with Crippen molar-refractivity contribution in [1.82, 2.24) is 10.6 Å². The molecule has 5 fully saturated rings. The summed E-state index contributed by atoms with van der Waals surface area (Å²) in [5, 5.41) is 15.3. The highest BCUT2D eigenvalue weighted by molar-refractivity contribution is 5.90. The Morgan fingerprint density at radius 3 is 1.96 bits per heavy atom. The van der Waals surface area contributed by atoms with E-state index in [2.05, 4.69) is 10.6 Å². The lowest BCUT2D eigenvalue weighted by Crippen LogP contribution is -2.59. The monoisotopic (exact) mass is 390 g/mol. The molecule has 4 bridgehead atoms. The predicted molar refractivity (Wildman–Crippen MR) is 104 cm³/mol. The highest BCUT2D eigenvalue weighted by Gasteiger charge is 2.55. The van der Waals surface area contributed by atoms with Crippen LogP contribution in [0.25, 0.3) is 0 Å². The number of hydrogen-bond acceptors (Lipinski definition) is 3. The molecular weight excluding hydrogens is 356 g/mol.